The van der Waals surface area contributed by atoms with Gasteiger partial charge < -0.3 is 11.1 Å². The van der Waals surface area contributed by atoms with E-state index < -0.39 is 6.04 Å². The van der Waals surface area contributed by atoms with Crippen LogP contribution in [0.25, 0.3) is 0 Å². The Morgan fingerprint density at radius 2 is 1.89 bits per heavy atom. The number of amides is 1. The number of aryl methyl sites for hydroxylation is 1. The van der Waals surface area contributed by atoms with Crippen molar-refractivity contribution in [2.45, 2.75) is 13.0 Å². The third kappa shape index (κ3) is 3.23. The zero-order valence-electron chi connectivity index (χ0n) is 10.8. The van der Waals surface area contributed by atoms with Gasteiger partial charge in [0.15, 0.2) is 0 Å². The van der Waals surface area contributed by atoms with Crippen molar-refractivity contribution < 1.29 is 4.79 Å². The molecule has 1 atom stereocenters. The monoisotopic (exact) mass is 250 g/mol. The quantitative estimate of drug-likeness (QED) is 0.809. The molecule has 0 aromatic heterocycles. The van der Waals surface area contributed by atoms with Gasteiger partial charge in [-0.1, -0.05) is 53.5 Å². The van der Waals surface area contributed by atoms with Crippen LogP contribution in [0.3, 0.4) is 0 Å². The topological polar surface area (TPSA) is 55.1 Å². The van der Waals surface area contributed by atoms with Gasteiger partial charge >= 0.3 is 0 Å². The summed E-state index contributed by atoms with van der Waals surface area (Å²) in [6, 6.07) is 14.0. The summed E-state index contributed by atoms with van der Waals surface area (Å²) in [5.41, 5.74) is 8.85. The van der Waals surface area contributed by atoms with E-state index in [0.29, 0.717) is 11.2 Å². The average Bonchev–Trinajstić information content (AvgIpc) is 2.42. The molecule has 0 aliphatic heterocycles. The second-order valence-corrected chi connectivity index (χ2v) is 4.47. The number of rotatable bonds is 3. The highest BCUT2D eigenvalue weighted by molar-refractivity contribution is 6.36. The Hall–Kier alpha value is -2.07. The Morgan fingerprint density at radius 1 is 1.21 bits per heavy atom. The molecule has 0 fully saturated rings. The normalized spacial score (nSPS) is 11.9. The molecule has 0 saturated heterocycles. The number of benzene rings is 2. The van der Waals surface area contributed by atoms with Crippen LogP contribution in [0.5, 0.6) is 0 Å². The number of hydrogen-bond acceptors (Lipinski definition) is 2. The van der Waals surface area contributed by atoms with Crippen LogP contribution in [0, 0.1) is 6.92 Å². The van der Waals surface area contributed by atoms with Gasteiger partial charge in [0.25, 0.3) is 0 Å². The van der Waals surface area contributed by atoms with E-state index in [9.17, 15) is 4.79 Å². The highest BCUT2D eigenvalue weighted by atomic mass is 16.2. The second-order valence-electron chi connectivity index (χ2n) is 4.47. The summed E-state index contributed by atoms with van der Waals surface area (Å²) in [5, 5.41) is 2.75. The summed E-state index contributed by atoms with van der Waals surface area (Å²) in [7, 11) is 5.85. The lowest BCUT2D eigenvalue weighted by molar-refractivity contribution is -0.117. The lowest BCUT2D eigenvalue weighted by Crippen LogP contribution is -2.29. The summed E-state index contributed by atoms with van der Waals surface area (Å²) in [6.07, 6.45) is 0. The van der Waals surface area contributed by atoms with E-state index in [-0.39, 0.29) is 5.91 Å². The fourth-order valence-electron chi connectivity index (χ4n) is 1.82. The molecule has 2 radical (unpaired) electrons. The van der Waals surface area contributed by atoms with E-state index in [4.69, 9.17) is 13.6 Å². The average molecular weight is 250 g/mol. The number of nitrogens with two attached hydrogens (primary N) is 1. The van der Waals surface area contributed by atoms with E-state index in [2.05, 4.69) is 5.32 Å². The van der Waals surface area contributed by atoms with Crippen molar-refractivity contribution in [3.8, 4) is 0 Å². The van der Waals surface area contributed by atoms with Gasteiger partial charge in [-0.2, -0.15) is 0 Å². The van der Waals surface area contributed by atoms with Crippen molar-refractivity contribution in [3.63, 3.8) is 0 Å². The molecule has 1 unspecified atom stereocenters. The Labute approximate surface area is 114 Å². The van der Waals surface area contributed by atoms with Gasteiger partial charge in [-0.05, 0) is 18.6 Å². The molecule has 94 valence electrons. The van der Waals surface area contributed by atoms with E-state index in [1.165, 1.54) is 0 Å². The molecular weight excluding hydrogens is 235 g/mol. The van der Waals surface area contributed by atoms with Gasteiger partial charge in [0, 0.05) is 5.69 Å². The third-order valence-corrected chi connectivity index (χ3v) is 2.91. The van der Waals surface area contributed by atoms with Crippen molar-refractivity contribution in [3.05, 3.63) is 59.7 Å². The minimum atomic E-state index is -0.707. The van der Waals surface area contributed by atoms with Crippen LogP contribution in [0.2, 0.25) is 0 Å². The number of hydrogen-bond donors (Lipinski definition) is 2. The summed E-state index contributed by atoms with van der Waals surface area (Å²) in [4.78, 5) is 12.1. The SMILES string of the molecule is [B]c1cc(C)ccc1NC(=O)C(N)c1ccccc1. The molecule has 2 aromatic carbocycles. The molecule has 0 heterocycles. The lowest BCUT2D eigenvalue weighted by atomic mass is 9.92. The smallest absolute Gasteiger partial charge is 0.245 e. The van der Waals surface area contributed by atoms with Crippen LogP contribution in [-0.2, 0) is 4.79 Å². The van der Waals surface area contributed by atoms with Crippen LogP contribution in [0.15, 0.2) is 48.5 Å². The summed E-state index contributed by atoms with van der Waals surface area (Å²) >= 11 is 0. The molecule has 0 saturated carbocycles. The van der Waals surface area contributed by atoms with Crippen LogP contribution >= 0.6 is 0 Å². The highest BCUT2D eigenvalue weighted by Gasteiger charge is 2.15. The minimum Gasteiger partial charge on any atom is -0.325 e. The fraction of sp³-hybridized carbons (Fsp3) is 0.133. The summed E-state index contributed by atoms with van der Waals surface area (Å²) < 4.78 is 0. The van der Waals surface area contributed by atoms with Crippen LogP contribution in [-0.4, -0.2) is 13.8 Å². The summed E-state index contributed by atoms with van der Waals surface area (Å²) in [6.45, 7) is 1.94. The van der Waals surface area contributed by atoms with Gasteiger partial charge in [0.05, 0.1) is 0 Å². The maximum atomic E-state index is 12.1. The van der Waals surface area contributed by atoms with E-state index in [0.717, 1.165) is 11.1 Å². The van der Waals surface area contributed by atoms with Gasteiger partial charge in [0.2, 0.25) is 5.91 Å². The molecule has 1 amide bonds. The molecule has 0 spiro atoms. The first-order valence-corrected chi connectivity index (χ1v) is 6.05. The Kier molecular flexibility index (Phi) is 4.02. The fourth-order valence-corrected chi connectivity index (χ4v) is 1.82. The van der Waals surface area contributed by atoms with Gasteiger partial charge in [-0.15, -0.1) is 0 Å². The molecule has 19 heavy (non-hydrogen) atoms. The maximum Gasteiger partial charge on any atom is 0.245 e. The third-order valence-electron chi connectivity index (χ3n) is 2.91. The summed E-state index contributed by atoms with van der Waals surface area (Å²) in [5.74, 6) is -0.276. The zero-order valence-corrected chi connectivity index (χ0v) is 10.8. The number of anilines is 1. The van der Waals surface area contributed by atoms with Crippen LogP contribution in [0.1, 0.15) is 17.2 Å². The molecule has 0 aliphatic carbocycles. The van der Waals surface area contributed by atoms with Gasteiger partial charge in [0.1, 0.15) is 13.9 Å². The predicted molar refractivity (Wildman–Crippen MR) is 78.6 cm³/mol. The first-order valence-electron chi connectivity index (χ1n) is 6.05. The number of nitrogens with one attached hydrogen (secondary N) is 1. The van der Waals surface area contributed by atoms with Crippen molar-refractivity contribution in [1.82, 2.24) is 0 Å². The van der Waals surface area contributed by atoms with Crippen molar-refractivity contribution in [2.24, 2.45) is 5.73 Å². The standard InChI is InChI=1S/C15H15BN2O/c1-10-7-8-13(12(16)9-10)18-15(19)14(17)11-5-3-2-4-6-11/h2-9,14H,17H2,1H3,(H,18,19). The molecule has 0 aliphatic rings. The number of carbonyl (C=O) groups excluding carboxylic acids is 1. The van der Waals surface area contributed by atoms with Crippen LogP contribution in [0.4, 0.5) is 5.69 Å². The van der Waals surface area contributed by atoms with E-state index >= 15 is 0 Å². The molecular formula is C15H15BN2O. The Morgan fingerprint density at radius 3 is 2.53 bits per heavy atom. The molecule has 3 nitrogen and oxygen atoms in total. The number of carbonyl (C=O) groups is 1. The van der Waals surface area contributed by atoms with E-state index in [1.807, 2.05) is 49.4 Å². The van der Waals surface area contributed by atoms with Crippen molar-refractivity contribution >= 4 is 24.9 Å². The van der Waals surface area contributed by atoms with Crippen molar-refractivity contribution in [1.29, 1.82) is 0 Å². The van der Waals surface area contributed by atoms with Gasteiger partial charge in [-0.3, -0.25) is 4.79 Å². The Balaban J connectivity index is 2.13. The van der Waals surface area contributed by atoms with Crippen LogP contribution < -0.4 is 16.5 Å². The second kappa shape index (κ2) is 5.72. The van der Waals surface area contributed by atoms with Gasteiger partial charge in [-0.25, -0.2) is 0 Å². The highest BCUT2D eigenvalue weighted by Crippen LogP contribution is 2.13. The van der Waals surface area contributed by atoms with E-state index in [1.54, 1.807) is 6.07 Å². The Bertz CT molecular complexity index is 584. The molecule has 2 aromatic rings. The maximum absolute atomic E-state index is 12.1. The molecule has 4 heteroatoms. The van der Waals surface area contributed by atoms with Crippen molar-refractivity contribution in [2.75, 3.05) is 5.32 Å². The first kappa shape index (κ1) is 13.4. The molecule has 3 N–H and O–H groups in total. The molecule has 2 rings (SSSR count). The first-order chi connectivity index (χ1) is 9.08. The minimum absolute atomic E-state index is 0.276. The molecule has 0 bridgehead atoms. The largest absolute Gasteiger partial charge is 0.325 e. The zero-order chi connectivity index (χ0) is 13.8. The predicted octanol–water partition coefficient (Wildman–Crippen LogP) is 1.43. The lowest BCUT2D eigenvalue weighted by Gasteiger charge is -2.14.